The molecule has 1 N–H and O–H groups in total. The molecule has 1 saturated heterocycles. The molecule has 3 amide bonds. The Morgan fingerprint density at radius 1 is 1.16 bits per heavy atom. The van der Waals surface area contributed by atoms with Crippen LogP contribution < -0.4 is 5.32 Å². The summed E-state index contributed by atoms with van der Waals surface area (Å²) < 4.78 is 0. The normalized spacial score (nSPS) is 19.8. The molecule has 6 nitrogen and oxygen atoms in total. The van der Waals surface area contributed by atoms with E-state index in [9.17, 15) is 19.2 Å². The molecule has 1 aromatic rings. The maximum Gasteiger partial charge on any atom is 0.255 e. The number of unbranched alkanes of at least 4 members (excludes halogenated alkanes) is 3. The molecule has 25 heavy (non-hydrogen) atoms. The molecular weight excluding hydrogens is 320 g/mol. The van der Waals surface area contributed by atoms with Crippen LogP contribution >= 0.6 is 0 Å². The molecule has 0 aromatic heterocycles. The van der Waals surface area contributed by atoms with E-state index in [1.54, 1.807) is 11.0 Å². The van der Waals surface area contributed by atoms with Crippen LogP contribution in [0.4, 0.5) is 0 Å². The Morgan fingerprint density at radius 2 is 2.00 bits per heavy atom. The minimum Gasteiger partial charge on any atom is -0.322 e. The van der Waals surface area contributed by atoms with Gasteiger partial charge < -0.3 is 9.69 Å². The largest absolute Gasteiger partial charge is 0.322 e. The highest BCUT2D eigenvalue weighted by Gasteiger charge is 2.39. The summed E-state index contributed by atoms with van der Waals surface area (Å²) >= 11 is 0. The number of imide groups is 1. The molecule has 1 unspecified atom stereocenters. The van der Waals surface area contributed by atoms with Crippen molar-refractivity contribution in [2.45, 2.75) is 57.5 Å². The number of nitrogens with zero attached hydrogens (tertiary/aromatic N) is 1. The first-order valence-electron chi connectivity index (χ1n) is 8.81. The molecule has 3 rings (SSSR count). The zero-order valence-corrected chi connectivity index (χ0v) is 14.1. The molecule has 2 heterocycles. The average molecular weight is 342 g/mol. The van der Waals surface area contributed by atoms with E-state index >= 15 is 0 Å². The summed E-state index contributed by atoms with van der Waals surface area (Å²) in [6, 6.07) is 5.14. The van der Waals surface area contributed by atoms with Crippen molar-refractivity contribution in [3.05, 3.63) is 34.9 Å². The predicted molar refractivity (Wildman–Crippen MR) is 90.7 cm³/mol. The number of aldehydes is 1. The van der Waals surface area contributed by atoms with Crippen LogP contribution in [0, 0.1) is 0 Å². The lowest BCUT2D eigenvalue weighted by molar-refractivity contribution is -0.136. The van der Waals surface area contributed by atoms with Crippen LogP contribution in [-0.4, -0.2) is 34.9 Å². The number of carbonyl (C=O) groups excluding carboxylic acids is 4. The van der Waals surface area contributed by atoms with Crippen molar-refractivity contribution in [2.24, 2.45) is 0 Å². The number of benzene rings is 1. The van der Waals surface area contributed by atoms with E-state index in [2.05, 4.69) is 5.32 Å². The third-order valence-electron chi connectivity index (χ3n) is 4.95. The fourth-order valence-electron chi connectivity index (χ4n) is 3.60. The standard InChI is InChI=1S/C19H22N2O4/c22-11-4-2-1-3-6-13-7-5-8-14-15(13)12-21(19(14)25)16-9-10-17(23)20-18(16)24/h5,7-8,11,16H,1-4,6,9-10,12H2,(H,20,23,24). The van der Waals surface area contributed by atoms with Gasteiger partial charge in [-0.25, -0.2) is 0 Å². The number of rotatable bonds is 7. The highest BCUT2D eigenvalue weighted by molar-refractivity contribution is 6.05. The van der Waals surface area contributed by atoms with Gasteiger partial charge in [-0.2, -0.15) is 0 Å². The number of nitrogens with one attached hydrogen (secondary N) is 1. The lowest BCUT2D eigenvalue weighted by Gasteiger charge is -2.29. The van der Waals surface area contributed by atoms with Gasteiger partial charge in [0.05, 0.1) is 0 Å². The molecule has 0 bridgehead atoms. The summed E-state index contributed by atoms with van der Waals surface area (Å²) in [7, 11) is 0. The first kappa shape index (κ1) is 17.3. The van der Waals surface area contributed by atoms with Crippen LogP contribution in [0.15, 0.2) is 18.2 Å². The van der Waals surface area contributed by atoms with Crippen molar-refractivity contribution in [1.82, 2.24) is 10.2 Å². The van der Waals surface area contributed by atoms with Crippen LogP contribution in [-0.2, 0) is 27.3 Å². The Morgan fingerprint density at radius 3 is 2.76 bits per heavy atom. The third kappa shape index (κ3) is 3.62. The molecule has 6 heteroatoms. The fourth-order valence-corrected chi connectivity index (χ4v) is 3.60. The summed E-state index contributed by atoms with van der Waals surface area (Å²) in [6.45, 7) is 0.422. The summed E-state index contributed by atoms with van der Waals surface area (Å²) in [5.41, 5.74) is 2.79. The Balaban J connectivity index is 1.70. The van der Waals surface area contributed by atoms with Crippen LogP contribution in [0.1, 0.15) is 60.0 Å². The van der Waals surface area contributed by atoms with Gasteiger partial charge in [0, 0.05) is 24.9 Å². The summed E-state index contributed by atoms with van der Waals surface area (Å²) in [4.78, 5) is 48.1. The van der Waals surface area contributed by atoms with E-state index < -0.39 is 6.04 Å². The first-order valence-corrected chi connectivity index (χ1v) is 8.81. The van der Waals surface area contributed by atoms with E-state index in [1.807, 2.05) is 12.1 Å². The number of amides is 3. The number of hydrogen-bond acceptors (Lipinski definition) is 4. The Labute approximate surface area is 146 Å². The summed E-state index contributed by atoms with van der Waals surface area (Å²) in [5, 5.41) is 2.32. The highest BCUT2D eigenvalue weighted by atomic mass is 16.2. The zero-order valence-electron chi connectivity index (χ0n) is 14.1. The number of fused-ring (bicyclic) bond motifs is 1. The van der Waals surface area contributed by atoms with Crippen molar-refractivity contribution < 1.29 is 19.2 Å². The monoisotopic (exact) mass is 342 g/mol. The lowest BCUT2D eigenvalue weighted by atomic mass is 9.98. The van der Waals surface area contributed by atoms with Gasteiger partial charge in [0.25, 0.3) is 5.91 Å². The van der Waals surface area contributed by atoms with Crippen molar-refractivity contribution in [1.29, 1.82) is 0 Å². The van der Waals surface area contributed by atoms with Gasteiger partial charge in [-0.1, -0.05) is 18.6 Å². The van der Waals surface area contributed by atoms with Gasteiger partial charge in [-0.3, -0.25) is 19.7 Å². The average Bonchev–Trinajstić information content (AvgIpc) is 2.92. The molecular formula is C19H22N2O4. The smallest absolute Gasteiger partial charge is 0.255 e. The molecule has 2 aliphatic rings. The second kappa shape index (κ2) is 7.59. The maximum absolute atomic E-state index is 12.7. The van der Waals surface area contributed by atoms with Crippen LogP contribution in [0.25, 0.3) is 0 Å². The topological polar surface area (TPSA) is 83.6 Å². The maximum atomic E-state index is 12.7. The predicted octanol–water partition coefficient (Wildman–Crippen LogP) is 1.75. The van der Waals surface area contributed by atoms with Gasteiger partial charge in [-0.15, -0.1) is 0 Å². The van der Waals surface area contributed by atoms with Crippen molar-refractivity contribution >= 4 is 24.0 Å². The molecule has 0 saturated carbocycles. The van der Waals surface area contributed by atoms with E-state index in [0.717, 1.165) is 43.1 Å². The van der Waals surface area contributed by atoms with Crippen LogP contribution in [0.5, 0.6) is 0 Å². The lowest BCUT2D eigenvalue weighted by Crippen LogP contribution is -2.52. The van der Waals surface area contributed by atoms with E-state index in [0.29, 0.717) is 24.9 Å². The van der Waals surface area contributed by atoms with Gasteiger partial charge in [0.1, 0.15) is 12.3 Å². The van der Waals surface area contributed by atoms with Gasteiger partial charge in [-0.05, 0) is 42.9 Å². The minimum absolute atomic E-state index is 0.132. The molecule has 0 spiro atoms. The first-order chi connectivity index (χ1) is 12.1. The molecule has 1 atom stereocenters. The number of carbonyl (C=O) groups is 4. The molecule has 0 aliphatic carbocycles. The van der Waals surface area contributed by atoms with Crippen LogP contribution in [0.2, 0.25) is 0 Å². The second-order valence-corrected chi connectivity index (χ2v) is 6.61. The molecule has 2 aliphatic heterocycles. The number of piperidine rings is 1. The Bertz CT molecular complexity index is 713. The Kier molecular flexibility index (Phi) is 5.26. The molecule has 0 radical (unpaired) electrons. The summed E-state index contributed by atoms with van der Waals surface area (Å²) in [5.74, 6) is -0.790. The van der Waals surface area contributed by atoms with Crippen molar-refractivity contribution in [3.8, 4) is 0 Å². The SMILES string of the molecule is O=CCCCCCc1cccc2c1CN(C1CCC(=O)NC1=O)C2=O. The highest BCUT2D eigenvalue weighted by Crippen LogP contribution is 2.30. The molecule has 1 fully saturated rings. The molecule has 132 valence electrons. The fraction of sp³-hybridized carbons (Fsp3) is 0.474. The summed E-state index contributed by atoms with van der Waals surface area (Å²) in [6.07, 6.45) is 5.87. The zero-order chi connectivity index (χ0) is 17.8. The van der Waals surface area contributed by atoms with Gasteiger partial charge in [0.15, 0.2) is 0 Å². The quantitative estimate of drug-likeness (QED) is 0.465. The third-order valence-corrected chi connectivity index (χ3v) is 4.95. The number of aryl methyl sites for hydroxylation is 1. The number of hydrogen-bond donors (Lipinski definition) is 1. The second-order valence-electron chi connectivity index (χ2n) is 6.61. The van der Waals surface area contributed by atoms with Gasteiger partial charge >= 0.3 is 0 Å². The van der Waals surface area contributed by atoms with E-state index in [1.165, 1.54) is 0 Å². The van der Waals surface area contributed by atoms with E-state index in [-0.39, 0.29) is 24.1 Å². The molecule has 1 aromatic carbocycles. The van der Waals surface area contributed by atoms with Gasteiger partial charge in [0.2, 0.25) is 11.8 Å². The minimum atomic E-state index is -0.571. The van der Waals surface area contributed by atoms with Crippen molar-refractivity contribution in [2.75, 3.05) is 0 Å². The van der Waals surface area contributed by atoms with Crippen molar-refractivity contribution in [3.63, 3.8) is 0 Å². The van der Waals surface area contributed by atoms with E-state index in [4.69, 9.17) is 0 Å². The Hall–Kier alpha value is -2.50. The van der Waals surface area contributed by atoms with Crippen LogP contribution in [0.3, 0.4) is 0 Å².